The third-order valence-corrected chi connectivity index (χ3v) is 6.34. The molecular weight excluding hydrogens is 326 g/mol. The number of rotatable bonds is 4. The first-order chi connectivity index (χ1) is 11.5. The van der Waals surface area contributed by atoms with Gasteiger partial charge in [0.25, 0.3) is 0 Å². The average Bonchev–Trinajstić information content (AvgIpc) is 3.08. The van der Waals surface area contributed by atoms with E-state index >= 15 is 0 Å². The summed E-state index contributed by atoms with van der Waals surface area (Å²) in [6.07, 6.45) is 4.90. The largest absolute Gasteiger partial charge is 0.253 e. The summed E-state index contributed by atoms with van der Waals surface area (Å²) >= 11 is 0. The zero-order chi connectivity index (χ0) is 17.2. The van der Waals surface area contributed by atoms with Gasteiger partial charge in [-0.25, -0.2) is 13.4 Å². The highest BCUT2D eigenvalue weighted by Crippen LogP contribution is 2.27. The summed E-state index contributed by atoms with van der Waals surface area (Å²) in [7, 11) is -3.60. The minimum Gasteiger partial charge on any atom is -0.253 e. The molecule has 24 heavy (non-hydrogen) atoms. The Morgan fingerprint density at radius 2 is 2.25 bits per heavy atom. The van der Waals surface area contributed by atoms with E-state index in [1.807, 2.05) is 6.07 Å². The number of nitriles is 1. The summed E-state index contributed by atoms with van der Waals surface area (Å²) in [4.78, 5) is 4.15. The molecule has 0 N–H and O–H groups in total. The summed E-state index contributed by atoms with van der Waals surface area (Å²) < 4.78 is 29.3. The molecule has 0 saturated carbocycles. The van der Waals surface area contributed by atoms with Crippen LogP contribution in [0.1, 0.15) is 24.0 Å². The molecule has 7 nitrogen and oxygen atoms in total. The van der Waals surface area contributed by atoms with Gasteiger partial charge in [0.15, 0.2) is 0 Å². The number of hydrogen-bond donors (Lipinski definition) is 0. The summed E-state index contributed by atoms with van der Waals surface area (Å²) in [5.41, 5.74) is 1.02. The number of nitrogens with zero attached hydrogens (tertiary/aromatic N) is 5. The van der Waals surface area contributed by atoms with Gasteiger partial charge in [-0.3, -0.25) is 4.68 Å². The quantitative estimate of drug-likeness (QED) is 0.838. The molecule has 1 unspecified atom stereocenters. The Balaban J connectivity index is 1.83. The molecule has 2 aromatic rings. The van der Waals surface area contributed by atoms with Crippen LogP contribution < -0.4 is 0 Å². The molecular formula is C16H19N5O2S. The van der Waals surface area contributed by atoms with Crippen LogP contribution in [-0.4, -0.2) is 40.6 Å². The second kappa shape index (κ2) is 6.71. The Kier molecular flexibility index (Phi) is 4.64. The molecule has 0 radical (unpaired) electrons. The van der Waals surface area contributed by atoms with Crippen molar-refractivity contribution in [3.8, 4) is 6.07 Å². The standard InChI is InChI=1S/C16H19N5O2S/c1-13-4-5-14(8-17)7-16(13)24(22,23)21-6-2-3-15(10-21)9-20-12-18-11-19-20/h4-5,7,11-12,15H,2-3,6,9-10H2,1H3. The molecule has 1 fully saturated rings. The molecule has 3 rings (SSSR count). The molecule has 0 amide bonds. The molecule has 126 valence electrons. The Bertz CT molecular complexity index is 855. The predicted molar refractivity (Wildman–Crippen MR) is 87.4 cm³/mol. The average molecular weight is 345 g/mol. The van der Waals surface area contributed by atoms with E-state index in [0.29, 0.717) is 30.8 Å². The fraction of sp³-hybridized carbons (Fsp3) is 0.438. The van der Waals surface area contributed by atoms with Gasteiger partial charge in [0.1, 0.15) is 12.7 Å². The number of hydrogen-bond acceptors (Lipinski definition) is 5. The molecule has 1 aliphatic rings. The van der Waals surface area contributed by atoms with Crippen LogP contribution in [0.3, 0.4) is 0 Å². The third-order valence-electron chi connectivity index (χ3n) is 4.33. The topological polar surface area (TPSA) is 91.9 Å². The van der Waals surface area contributed by atoms with E-state index < -0.39 is 10.0 Å². The fourth-order valence-corrected chi connectivity index (χ4v) is 4.88. The van der Waals surface area contributed by atoms with Crippen molar-refractivity contribution in [1.29, 1.82) is 5.26 Å². The van der Waals surface area contributed by atoms with Crippen molar-refractivity contribution in [1.82, 2.24) is 19.1 Å². The van der Waals surface area contributed by atoms with Gasteiger partial charge in [-0.15, -0.1) is 0 Å². The molecule has 1 saturated heterocycles. The highest BCUT2D eigenvalue weighted by molar-refractivity contribution is 7.89. The van der Waals surface area contributed by atoms with Crippen molar-refractivity contribution in [2.75, 3.05) is 13.1 Å². The Hall–Kier alpha value is -2.24. The lowest BCUT2D eigenvalue weighted by molar-refractivity contribution is 0.239. The van der Waals surface area contributed by atoms with Crippen LogP contribution in [0.4, 0.5) is 0 Å². The van der Waals surface area contributed by atoms with Gasteiger partial charge in [0.05, 0.1) is 16.5 Å². The van der Waals surface area contributed by atoms with E-state index in [1.54, 1.807) is 30.1 Å². The van der Waals surface area contributed by atoms with Gasteiger partial charge in [-0.05, 0) is 43.4 Å². The van der Waals surface area contributed by atoms with Crippen LogP contribution in [0.25, 0.3) is 0 Å². The normalized spacial score (nSPS) is 19.1. The smallest absolute Gasteiger partial charge is 0.243 e. The van der Waals surface area contributed by atoms with E-state index in [-0.39, 0.29) is 10.8 Å². The molecule has 0 spiro atoms. The second-order valence-electron chi connectivity index (χ2n) is 6.08. The fourth-order valence-electron chi connectivity index (χ4n) is 3.07. The number of benzene rings is 1. The summed E-state index contributed by atoms with van der Waals surface area (Å²) in [6, 6.07) is 6.79. The number of sulfonamides is 1. The molecule has 1 atom stereocenters. The number of piperidine rings is 1. The van der Waals surface area contributed by atoms with Crippen LogP contribution in [0.15, 0.2) is 35.7 Å². The molecule has 1 aromatic carbocycles. The third kappa shape index (κ3) is 3.32. The van der Waals surface area contributed by atoms with E-state index in [2.05, 4.69) is 10.1 Å². The van der Waals surface area contributed by atoms with Gasteiger partial charge >= 0.3 is 0 Å². The van der Waals surface area contributed by atoms with Gasteiger partial charge in [-0.2, -0.15) is 14.7 Å². The van der Waals surface area contributed by atoms with Crippen molar-refractivity contribution in [2.24, 2.45) is 5.92 Å². The van der Waals surface area contributed by atoms with Gasteiger partial charge in [-0.1, -0.05) is 6.07 Å². The van der Waals surface area contributed by atoms with Crippen molar-refractivity contribution in [2.45, 2.75) is 31.2 Å². The highest BCUT2D eigenvalue weighted by atomic mass is 32.2. The molecule has 1 aliphatic heterocycles. The number of aryl methyl sites for hydroxylation is 1. The first kappa shape index (κ1) is 16.6. The lowest BCUT2D eigenvalue weighted by Gasteiger charge is -2.32. The zero-order valence-corrected chi connectivity index (χ0v) is 14.3. The lowest BCUT2D eigenvalue weighted by atomic mass is 10.00. The van der Waals surface area contributed by atoms with Crippen LogP contribution in [0.5, 0.6) is 0 Å². The minimum absolute atomic E-state index is 0.203. The van der Waals surface area contributed by atoms with E-state index in [9.17, 15) is 8.42 Å². The zero-order valence-electron chi connectivity index (χ0n) is 13.5. The predicted octanol–water partition coefficient (Wildman–Crippen LogP) is 1.56. The number of aromatic nitrogens is 3. The highest BCUT2D eigenvalue weighted by Gasteiger charge is 2.31. The minimum atomic E-state index is -3.60. The van der Waals surface area contributed by atoms with Crippen molar-refractivity contribution < 1.29 is 8.42 Å². The van der Waals surface area contributed by atoms with Crippen molar-refractivity contribution in [3.63, 3.8) is 0 Å². The van der Waals surface area contributed by atoms with Crippen LogP contribution in [-0.2, 0) is 16.6 Å². The van der Waals surface area contributed by atoms with Gasteiger partial charge in [0.2, 0.25) is 10.0 Å². The van der Waals surface area contributed by atoms with Crippen LogP contribution >= 0.6 is 0 Å². The summed E-state index contributed by atoms with van der Waals surface area (Å²) in [6.45, 7) is 3.37. The molecule has 2 heterocycles. The summed E-state index contributed by atoms with van der Waals surface area (Å²) in [5.74, 6) is 0.203. The first-order valence-corrected chi connectivity index (χ1v) is 9.28. The first-order valence-electron chi connectivity index (χ1n) is 7.84. The van der Waals surface area contributed by atoms with Crippen LogP contribution in [0.2, 0.25) is 0 Å². The maximum Gasteiger partial charge on any atom is 0.243 e. The van der Waals surface area contributed by atoms with Crippen molar-refractivity contribution in [3.05, 3.63) is 42.0 Å². The van der Waals surface area contributed by atoms with Gasteiger partial charge < -0.3 is 0 Å². The maximum absolute atomic E-state index is 13.0. The monoisotopic (exact) mass is 345 g/mol. The van der Waals surface area contributed by atoms with Gasteiger partial charge in [0, 0.05) is 19.6 Å². The Labute approximate surface area is 141 Å². The molecule has 8 heteroatoms. The summed E-state index contributed by atoms with van der Waals surface area (Å²) in [5, 5.41) is 13.1. The van der Waals surface area contributed by atoms with Crippen LogP contribution in [0, 0.1) is 24.2 Å². The molecule has 1 aromatic heterocycles. The van der Waals surface area contributed by atoms with E-state index in [4.69, 9.17) is 5.26 Å². The molecule has 0 aliphatic carbocycles. The molecule has 0 bridgehead atoms. The second-order valence-corrected chi connectivity index (χ2v) is 7.99. The van der Waals surface area contributed by atoms with E-state index in [1.165, 1.54) is 16.7 Å². The SMILES string of the molecule is Cc1ccc(C#N)cc1S(=O)(=O)N1CCCC(Cn2cncn2)C1. The Morgan fingerprint density at radius 3 is 2.96 bits per heavy atom. The Morgan fingerprint density at radius 1 is 1.42 bits per heavy atom. The maximum atomic E-state index is 13.0. The lowest BCUT2D eigenvalue weighted by Crippen LogP contribution is -2.41. The van der Waals surface area contributed by atoms with Crippen molar-refractivity contribution >= 4 is 10.0 Å². The van der Waals surface area contributed by atoms with E-state index in [0.717, 1.165) is 12.8 Å².